The van der Waals surface area contributed by atoms with E-state index >= 15 is 0 Å². The van der Waals surface area contributed by atoms with E-state index in [4.69, 9.17) is 4.74 Å². The van der Waals surface area contributed by atoms with Crippen molar-refractivity contribution in [1.82, 2.24) is 0 Å². The fraction of sp³-hybridized carbons (Fsp3) is 0.643. The van der Waals surface area contributed by atoms with Crippen LogP contribution in [-0.2, 0) is 23.9 Å². The first-order valence-electron chi connectivity index (χ1n) is 6.49. The molecular formula is C14H22O5. The summed E-state index contributed by atoms with van der Waals surface area (Å²) in [6, 6.07) is 0. The number of carbonyl (C=O) groups excluding carboxylic acids is 3. The van der Waals surface area contributed by atoms with Gasteiger partial charge in [0.05, 0.1) is 6.61 Å². The van der Waals surface area contributed by atoms with E-state index in [1.807, 2.05) is 0 Å². The number of hydrogen-bond acceptors (Lipinski definition) is 5. The van der Waals surface area contributed by atoms with Crippen molar-refractivity contribution in [2.24, 2.45) is 0 Å². The number of unbranched alkanes of at least 4 members (excludes halogenated alkanes) is 3. The molecule has 0 aromatic carbocycles. The minimum Gasteiger partial charge on any atom is -0.463 e. The van der Waals surface area contributed by atoms with E-state index in [9.17, 15) is 14.4 Å². The predicted octanol–water partition coefficient (Wildman–Crippen LogP) is 2.19. The lowest BCUT2D eigenvalue weighted by atomic mass is 10.2. The lowest BCUT2D eigenvalue weighted by molar-refractivity contribution is -0.144. The number of Topliss-reactive ketones (excluding diaryl/α,β-unsaturated/α-hetero) is 1. The van der Waals surface area contributed by atoms with Crippen molar-refractivity contribution in [3.63, 3.8) is 0 Å². The fourth-order valence-corrected chi connectivity index (χ4v) is 1.26. The Kier molecular flexibility index (Phi) is 9.40. The predicted molar refractivity (Wildman–Crippen MR) is 70.5 cm³/mol. The van der Waals surface area contributed by atoms with Crippen molar-refractivity contribution in [2.75, 3.05) is 13.2 Å². The van der Waals surface area contributed by atoms with E-state index in [0.717, 1.165) is 31.8 Å². The number of hydrogen-bond donors (Lipinski definition) is 0. The van der Waals surface area contributed by atoms with E-state index in [2.05, 4.69) is 11.7 Å². The van der Waals surface area contributed by atoms with Crippen LogP contribution in [0.1, 0.15) is 46.5 Å². The number of carbonyl (C=O) groups is 3. The van der Waals surface area contributed by atoms with Gasteiger partial charge >= 0.3 is 11.9 Å². The first-order valence-corrected chi connectivity index (χ1v) is 6.49. The SMILES string of the molecule is CCCCCCOC(=O)/C=C(/C)C(=O)OCC(C)=O. The Balaban J connectivity index is 3.95. The third kappa shape index (κ3) is 10.00. The Morgan fingerprint density at radius 1 is 1.00 bits per heavy atom. The first-order chi connectivity index (χ1) is 8.97. The Labute approximate surface area is 114 Å². The molecule has 0 aliphatic rings. The highest BCUT2D eigenvalue weighted by Crippen LogP contribution is 2.01. The minimum absolute atomic E-state index is 0.125. The second-order valence-electron chi connectivity index (χ2n) is 4.33. The van der Waals surface area contributed by atoms with Crippen LogP contribution >= 0.6 is 0 Å². The molecule has 0 N–H and O–H groups in total. The first kappa shape index (κ1) is 17.4. The normalized spacial score (nSPS) is 11.0. The standard InChI is InChI=1S/C14H22O5/c1-4-5-6-7-8-18-13(16)9-11(2)14(17)19-10-12(3)15/h9H,4-8,10H2,1-3H3/b11-9-. The molecule has 0 aromatic rings. The van der Waals surface area contributed by atoms with Gasteiger partial charge in [-0.25, -0.2) is 9.59 Å². The summed E-state index contributed by atoms with van der Waals surface area (Å²) in [5.41, 5.74) is 0.125. The van der Waals surface area contributed by atoms with Crippen LogP contribution in [0.2, 0.25) is 0 Å². The molecule has 0 radical (unpaired) electrons. The summed E-state index contributed by atoms with van der Waals surface area (Å²) in [4.78, 5) is 33.3. The van der Waals surface area contributed by atoms with E-state index in [1.54, 1.807) is 0 Å². The van der Waals surface area contributed by atoms with Gasteiger partial charge in [-0.3, -0.25) is 4.79 Å². The maximum atomic E-state index is 11.4. The third-order valence-electron chi connectivity index (χ3n) is 2.31. The zero-order chi connectivity index (χ0) is 14.7. The van der Waals surface area contributed by atoms with Crippen LogP contribution in [0.3, 0.4) is 0 Å². The number of ether oxygens (including phenoxy) is 2. The lowest BCUT2D eigenvalue weighted by Crippen LogP contribution is -2.13. The molecule has 0 unspecified atom stereocenters. The Morgan fingerprint density at radius 2 is 1.68 bits per heavy atom. The van der Waals surface area contributed by atoms with Crippen LogP contribution in [-0.4, -0.2) is 30.9 Å². The maximum Gasteiger partial charge on any atom is 0.334 e. The summed E-state index contributed by atoms with van der Waals surface area (Å²) >= 11 is 0. The zero-order valence-corrected chi connectivity index (χ0v) is 11.9. The second kappa shape index (κ2) is 10.3. The molecule has 0 fully saturated rings. The summed E-state index contributed by atoms with van der Waals surface area (Å²) in [6.07, 6.45) is 5.16. The zero-order valence-electron chi connectivity index (χ0n) is 11.9. The smallest absolute Gasteiger partial charge is 0.334 e. The summed E-state index contributed by atoms with van der Waals surface area (Å²) in [6.45, 7) is 4.93. The van der Waals surface area contributed by atoms with Crippen molar-refractivity contribution >= 4 is 17.7 Å². The van der Waals surface area contributed by atoms with Gasteiger partial charge in [-0.05, 0) is 20.3 Å². The van der Waals surface area contributed by atoms with Crippen LogP contribution in [0.25, 0.3) is 0 Å². The van der Waals surface area contributed by atoms with E-state index in [1.165, 1.54) is 13.8 Å². The molecule has 0 saturated carbocycles. The Bertz CT molecular complexity index is 344. The molecule has 0 aliphatic carbocycles. The van der Waals surface area contributed by atoms with Gasteiger partial charge in [-0.15, -0.1) is 0 Å². The average molecular weight is 270 g/mol. The van der Waals surface area contributed by atoms with Gasteiger partial charge < -0.3 is 9.47 Å². The van der Waals surface area contributed by atoms with Gasteiger partial charge in [0.15, 0.2) is 5.78 Å². The maximum absolute atomic E-state index is 11.4. The topological polar surface area (TPSA) is 69.7 Å². The third-order valence-corrected chi connectivity index (χ3v) is 2.31. The second-order valence-corrected chi connectivity index (χ2v) is 4.33. The molecule has 0 aromatic heterocycles. The highest BCUT2D eigenvalue weighted by Gasteiger charge is 2.09. The minimum atomic E-state index is -0.682. The molecule has 0 bridgehead atoms. The van der Waals surface area contributed by atoms with Crippen LogP contribution in [0.15, 0.2) is 11.6 Å². The van der Waals surface area contributed by atoms with Crippen molar-refractivity contribution in [2.45, 2.75) is 46.5 Å². The molecule has 5 nitrogen and oxygen atoms in total. The van der Waals surface area contributed by atoms with E-state index < -0.39 is 11.9 Å². The van der Waals surface area contributed by atoms with Gasteiger partial charge in [-0.1, -0.05) is 26.2 Å². The van der Waals surface area contributed by atoms with Gasteiger partial charge in [0.1, 0.15) is 6.61 Å². The summed E-state index contributed by atoms with van der Waals surface area (Å²) in [5, 5.41) is 0. The van der Waals surface area contributed by atoms with Gasteiger partial charge in [0, 0.05) is 11.6 Å². The summed E-state index contributed by atoms with van der Waals surface area (Å²) in [7, 11) is 0. The molecule has 0 spiro atoms. The molecule has 19 heavy (non-hydrogen) atoms. The highest BCUT2D eigenvalue weighted by molar-refractivity contribution is 5.96. The fourth-order valence-electron chi connectivity index (χ4n) is 1.26. The molecule has 0 heterocycles. The number of ketones is 1. The lowest BCUT2D eigenvalue weighted by Gasteiger charge is -2.04. The van der Waals surface area contributed by atoms with Crippen molar-refractivity contribution in [1.29, 1.82) is 0 Å². The molecule has 0 aliphatic heterocycles. The van der Waals surface area contributed by atoms with Gasteiger partial charge in [-0.2, -0.15) is 0 Å². The van der Waals surface area contributed by atoms with Gasteiger partial charge in [0.25, 0.3) is 0 Å². The van der Waals surface area contributed by atoms with Crippen LogP contribution in [0.5, 0.6) is 0 Å². The van der Waals surface area contributed by atoms with Crippen molar-refractivity contribution in [3.05, 3.63) is 11.6 Å². The quantitative estimate of drug-likeness (QED) is 0.365. The molecular weight excluding hydrogens is 248 g/mol. The highest BCUT2D eigenvalue weighted by atomic mass is 16.5. The van der Waals surface area contributed by atoms with Crippen LogP contribution in [0, 0.1) is 0 Å². The molecule has 5 heteroatoms. The van der Waals surface area contributed by atoms with E-state index in [0.29, 0.717) is 6.61 Å². The number of rotatable bonds is 9. The van der Waals surface area contributed by atoms with E-state index in [-0.39, 0.29) is 18.0 Å². The number of esters is 2. The summed E-state index contributed by atoms with van der Waals surface area (Å²) < 4.78 is 9.60. The largest absolute Gasteiger partial charge is 0.463 e. The molecule has 108 valence electrons. The molecule has 0 amide bonds. The molecule has 0 saturated heterocycles. The Hall–Kier alpha value is -1.65. The van der Waals surface area contributed by atoms with Crippen molar-refractivity contribution in [3.8, 4) is 0 Å². The monoisotopic (exact) mass is 270 g/mol. The van der Waals surface area contributed by atoms with Crippen molar-refractivity contribution < 1.29 is 23.9 Å². The van der Waals surface area contributed by atoms with Crippen LogP contribution < -0.4 is 0 Å². The molecule has 0 rings (SSSR count). The molecule has 0 atom stereocenters. The van der Waals surface area contributed by atoms with Crippen LogP contribution in [0.4, 0.5) is 0 Å². The van der Waals surface area contributed by atoms with Gasteiger partial charge in [0.2, 0.25) is 0 Å². The average Bonchev–Trinajstić information content (AvgIpc) is 2.35. The summed E-state index contributed by atoms with van der Waals surface area (Å²) in [5.74, 6) is -1.49. The Morgan fingerprint density at radius 3 is 2.26 bits per heavy atom.